The van der Waals surface area contributed by atoms with Crippen LogP contribution in [0.3, 0.4) is 0 Å². The zero-order valence-corrected chi connectivity index (χ0v) is 8.75. The van der Waals surface area contributed by atoms with Crippen LogP contribution < -0.4 is 6.15 Å². The number of carbonyl (C=O) groups excluding carboxylic acids is 1. The minimum absolute atomic E-state index is 0. The molecule has 1 atom stereocenters. The lowest BCUT2D eigenvalue weighted by Crippen LogP contribution is -2.43. The number of hydrogen-bond donors (Lipinski definition) is 2. The van der Waals surface area contributed by atoms with Crippen LogP contribution in [0.4, 0.5) is 0 Å². The van der Waals surface area contributed by atoms with E-state index in [1.807, 2.05) is 20.8 Å². The number of carbonyl (C=O) groups is 1. The van der Waals surface area contributed by atoms with E-state index in [0.717, 1.165) is 0 Å². The summed E-state index contributed by atoms with van der Waals surface area (Å²) in [6.45, 7) is 6.11. The first-order chi connectivity index (χ1) is 5.66. The number of aliphatic hydroxyl groups excluding tert-OH is 1. The Balaban J connectivity index is 0. The molecule has 13 heavy (non-hydrogen) atoms. The largest absolute Gasteiger partial charge is 0.459 e. The van der Waals surface area contributed by atoms with Gasteiger partial charge in [0.15, 0.2) is 0 Å². The number of aliphatic hydroxyl groups is 1. The zero-order chi connectivity index (χ0) is 9.61. The van der Waals surface area contributed by atoms with Gasteiger partial charge >= 0.3 is 0 Å². The Morgan fingerprint density at radius 3 is 2.08 bits per heavy atom. The van der Waals surface area contributed by atoms with Crippen molar-refractivity contribution in [2.24, 2.45) is 0 Å². The molecule has 0 amide bonds. The normalized spacial score (nSPS) is 12.9. The van der Waals surface area contributed by atoms with Gasteiger partial charge in [0.2, 0.25) is 0 Å². The molecule has 0 aliphatic carbocycles. The second kappa shape index (κ2) is 6.86. The Morgan fingerprint density at radius 1 is 1.38 bits per heavy atom. The molecule has 0 heterocycles. The summed E-state index contributed by atoms with van der Waals surface area (Å²) in [5, 5.41) is 9.62. The van der Waals surface area contributed by atoms with Crippen LogP contribution in [-0.2, 0) is 9.53 Å². The third kappa shape index (κ3) is 3.32. The Hall–Kier alpha value is -0.610. The molecule has 80 valence electrons. The highest BCUT2D eigenvalue weighted by molar-refractivity contribution is 5.38. The molecular formula is C9H21NO3. The second-order valence-electron chi connectivity index (χ2n) is 2.91. The van der Waals surface area contributed by atoms with Gasteiger partial charge in [0.05, 0.1) is 6.10 Å². The van der Waals surface area contributed by atoms with Gasteiger partial charge < -0.3 is 16.0 Å². The van der Waals surface area contributed by atoms with Gasteiger partial charge in [-0.15, -0.1) is 0 Å². The Bertz CT molecular complexity index is 135. The summed E-state index contributed by atoms with van der Waals surface area (Å²) in [6, 6.07) is 0. The molecule has 0 spiro atoms. The molecule has 0 aromatic heterocycles. The maximum atomic E-state index is 10.2. The second-order valence-corrected chi connectivity index (χ2v) is 2.91. The fourth-order valence-electron chi connectivity index (χ4n) is 1.43. The molecule has 0 saturated carbocycles. The Kier molecular flexibility index (Phi) is 7.85. The fourth-order valence-corrected chi connectivity index (χ4v) is 1.43. The van der Waals surface area contributed by atoms with Crippen molar-refractivity contribution in [3.63, 3.8) is 0 Å². The summed E-state index contributed by atoms with van der Waals surface area (Å²) in [5.74, 6) is 0. The topological polar surface area (TPSA) is 81.5 Å². The molecule has 0 aromatic rings. The number of ether oxygens (including phenoxy) is 1. The maximum Gasteiger partial charge on any atom is 0.293 e. The first kappa shape index (κ1) is 14.9. The van der Waals surface area contributed by atoms with E-state index in [1.54, 1.807) is 0 Å². The van der Waals surface area contributed by atoms with Gasteiger partial charge in [-0.3, -0.25) is 4.79 Å². The van der Waals surface area contributed by atoms with Gasteiger partial charge in [0, 0.05) is 0 Å². The minimum atomic E-state index is -0.670. The van der Waals surface area contributed by atoms with E-state index in [2.05, 4.69) is 0 Å². The van der Waals surface area contributed by atoms with E-state index in [0.29, 0.717) is 25.7 Å². The lowest BCUT2D eigenvalue weighted by atomic mass is 9.89. The minimum Gasteiger partial charge on any atom is -0.459 e. The molecular weight excluding hydrogens is 170 g/mol. The molecule has 4 heteroatoms. The van der Waals surface area contributed by atoms with Crippen LogP contribution in [0.2, 0.25) is 0 Å². The third-order valence-electron chi connectivity index (χ3n) is 2.47. The number of hydrogen-bond acceptors (Lipinski definition) is 4. The molecule has 0 aromatic carbocycles. The summed E-state index contributed by atoms with van der Waals surface area (Å²) >= 11 is 0. The summed E-state index contributed by atoms with van der Waals surface area (Å²) < 4.78 is 4.95. The summed E-state index contributed by atoms with van der Waals surface area (Å²) in [4.78, 5) is 10.2. The third-order valence-corrected chi connectivity index (χ3v) is 2.47. The fraction of sp³-hybridized carbons (Fsp3) is 0.889. The van der Waals surface area contributed by atoms with Crippen LogP contribution in [0, 0.1) is 0 Å². The standard InChI is InChI=1S/C9H18O3.H3N/c1-4-8(11)9(5-2,6-3)12-7-10;/h7-8,11H,4-6H2,1-3H3;1H3. The first-order valence-corrected chi connectivity index (χ1v) is 4.46. The smallest absolute Gasteiger partial charge is 0.293 e. The van der Waals surface area contributed by atoms with E-state index < -0.39 is 11.7 Å². The van der Waals surface area contributed by atoms with E-state index >= 15 is 0 Å². The van der Waals surface area contributed by atoms with Crippen molar-refractivity contribution in [3.8, 4) is 0 Å². The van der Waals surface area contributed by atoms with Crippen LogP contribution in [0.1, 0.15) is 40.0 Å². The predicted molar refractivity (Wildman–Crippen MR) is 51.8 cm³/mol. The van der Waals surface area contributed by atoms with Gasteiger partial charge in [0.1, 0.15) is 5.60 Å². The highest BCUT2D eigenvalue weighted by Gasteiger charge is 2.35. The van der Waals surface area contributed by atoms with Gasteiger partial charge in [0.25, 0.3) is 6.47 Å². The zero-order valence-electron chi connectivity index (χ0n) is 8.75. The quantitative estimate of drug-likeness (QED) is 0.625. The lowest BCUT2D eigenvalue weighted by Gasteiger charge is -2.33. The van der Waals surface area contributed by atoms with Crippen molar-refractivity contribution in [2.45, 2.75) is 51.7 Å². The monoisotopic (exact) mass is 191 g/mol. The molecule has 1 unspecified atom stereocenters. The van der Waals surface area contributed by atoms with Crippen LogP contribution in [0.15, 0.2) is 0 Å². The van der Waals surface area contributed by atoms with Crippen LogP contribution >= 0.6 is 0 Å². The molecule has 0 fully saturated rings. The molecule has 0 rings (SSSR count). The lowest BCUT2D eigenvalue weighted by molar-refractivity contribution is -0.160. The predicted octanol–water partition coefficient (Wildman–Crippen LogP) is 1.65. The Labute approximate surface area is 79.9 Å². The van der Waals surface area contributed by atoms with Crippen molar-refractivity contribution < 1.29 is 14.6 Å². The maximum absolute atomic E-state index is 10.2. The first-order valence-electron chi connectivity index (χ1n) is 4.46. The van der Waals surface area contributed by atoms with Crippen molar-refractivity contribution in [1.29, 1.82) is 0 Å². The number of rotatable bonds is 6. The molecule has 0 radical (unpaired) electrons. The summed E-state index contributed by atoms with van der Waals surface area (Å²) in [7, 11) is 0. The van der Waals surface area contributed by atoms with Gasteiger partial charge in [-0.2, -0.15) is 0 Å². The molecule has 0 bridgehead atoms. The highest BCUT2D eigenvalue weighted by Crippen LogP contribution is 2.25. The van der Waals surface area contributed by atoms with Crippen LogP contribution in [0.25, 0.3) is 0 Å². The van der Waals surface area contributed by atoms with Gasteiger partial charge in [-0.05, 0) is 19.3 Å². The van der Waals surface area contributed by atoms with E-state index in [1.165, 1.54) is 0 Å². The molecule has 0 aliphatic heterocycles. The highest BCUT2D eigenvalue weighted by atomic mass is 16.5. The molecule has 0 saturated heterocycles. The van der Waals surface area contributed by atoms with E-state index in [9.17, 15) is 9.90 Å². The summed E-state index contributed by atoms with van der Waals surface area (Å²) in [5.41, 5.74) is -0.670. The van der Waals surface area contributed by atoms with Crippen molar-refractivity contribution in [3.05, 3.63) is 0 Å². The average molecular weight is 191 g/mol. The van der Waals surface area contributed by atoms with Crippen molar-refractivity contribution in [1.82, 2.24) is 6.15 Å². The van der Waals surface area contributed by atoms with Gasteiger partial charge in [-0.1, -0.05) is 20.8 Å². The van der Waals surface area contributed by atoms with Gasteiger partial charge in [-0.25, -0.2) is 0 Å². The van der Waals surface area contributed by atoms with Crippen molar-refractivity contribution >= 4 is 6.47 Å². The van der Waals surface area contributed by atoms with E-state index in [-0.39, 0.29) is 6.15 Å². The SMILES string of the molecule is CCC(O)C(CC)(CC)OC=O.N. The summed E-state index contributed by atoms with van der Waals surface area (Å²) in [6.07, 6.45) is 1.35. The molecule has 0 aliphatic rings. The van der Waals surface area contributed by atoms with E-state index in [4.69, 9.17) is 4.74 Å². The van der Waals surface area contributed by atoms with Crippen LogP contribution in [0.5, 0.6) is 0 Å². The van der Waals surface area contributed by atoms with Crippen LogP contribution in [-0.4, -0.2) is 23.3 Å². The molecule has 4 nitrogen and oxygen atoms in total. The van der Waals surface area contributed by atoms with Crippen molar-refractivity contribution in [2.75, 3.05) is 0 Å². The molecule has 4 N–H and O–H groups in total. The Morgan fingerprint density at radius 2 is 1.85 bits per heavy atom. The average Bonchev–Trinajstić information content (AvgIpc) is 2.13.